The minimum atomic E-state index is -0.625. The molecule has 0 saturated heterocycles. The summed E-state index contributed by atoms with van der Waals surface area (Å²) in [6.45, 7) is 0. The first-order valence-corrected chi connectivity index (χ1v) is 7.33. The van der Waals surface area contributed by atoms with Gasteiger partial charge in [-0.2, -0.15) is 0 Å². The summed E-state index contributed by atoms with van der Waals surface area (Å²) in [6.07, 6.45) is 2.95. The lowest BCUT2D eigenvalue weighted by atomic mass is 10.2. The first kappa shape index (κ1) is 15.2. The molecule has 0 saturated carbocycles. The van der Waals surface area contributed by atoms with Gasteiger partial charge in [0.2, 0.25) is 5.91 Å². The largest absolute Gasteiger partial charge is 0.506 e. The highest BCUT2D eigenvalue weighted by atomic mass is 79.9. The van der Waals surface area contributed by atoms with Gasteiger partial charge in [0.15, 0.2) is 0 Å². The third-order valence-electron chi connectivity index (χ3n) is 2.44. The third-order valence-corrected chi connectivity index (χ3v) is 4.10. The number of phenolic OH excluding ortho intramolecular Hbond substituents is 1. The van der Waals surface area contributed by atoms with Gasteiger partial charge in [0.25, 0.3) is 5.69 Å². The molecule has 2 aromatic rings. The number of halogens is 1. The van der Waals surface area contributed by atoms with Crippen LogP contribution in [-0.2, 0) is 4.79 Å². The van der Waals surface area contributed by atoms with Crippen LogP contribution in [0.1, 0.15) is 4.88 Å². The van der Waals surface area contributed by atoms with Crippen molar-refractivity contribution >= 4 is 50.6 Å². The Balaban J connectivity index is 2.06. The van der Waals surface area contributed by atoms with Crippen LogP contribution < -0.4 is 5.32 Å². The molecule has 1 heterocycles. The Labute approximate surface area is 132 Å². The van der Waals surface area contributed by atoms with Gasteiger partial charge in [-0.15, -0.1) is 11.3 Å². The predicted molar refractivity (Wildman–Crippen MR) is 84.4 cm³/mol. The van der Waals surface area contributed by atoms with E-state index in [0.29, 0.717) is 0 Å². The van der Waals surface area contributed by atoms with Crippen molar-refractivity contribution in [2.75, 3.05) is 5.32 Å². The van der Waals surface area contributed by atoms with Crippen LogP contribution in [0.2, 0.25) is 0 Å². The van der Waals surface area contributed by atoms with Gasteiger partial charge in [-0.1, -0.05) is 0 Å². The number of aromatic hydroxyl groups is 1. The summed E-state index contributed by atoms with van der Waals surface area (Å²) in [5, 5.41) is 24.5. The van der Waals surface area contributed by atoms with E-state index < -0.39 is 10.8 Å². The SMILES string of the molecule is O=C(/C=C/c1cc(Br)cs1)Nc1ccc([N+](=O)[O-])cc1O. The maximum absolute atomic E-state index is 11.7. The van der Waals surface area contributed by atoms with Crippen LogP contribution >= 0.6 is 27.3 Å². The molecule has 0 aliphatic heterocycles. The molecule has 0 bridgehead atoms. The van der Waals surface area contributed by atoms with Crippen LogP contribution in [0.15, 0.2) is 40.2 Å². The smallest absolute Gasteiger partial charge is 0.273 e. The highest BCUT2D eigenvalue weighted by Gasteiger charge is 2.11. The van der Waals surface area contributed by atoms with Gasteiger partial charge in [-0.25, -0.2) is 0 Å². The molecule has 1 aromatic heterocycles. The zero-order valence-electron chi connectivity index (χ0n) is 10.4. The molecular weight excluding hydrogens is 360 g/mol. The summed E-state index contributed by atoms with van der Waals surface area (Å²) in [5.41, 5.74) is -0.132. The number of nitrogens with one attached hydrogen (secondary N) is 1. The Morgan fingerprint density at radius 3 is 2.76 bits per heavy atom. The number of rotatable bonds is 4. The van der Waals surface area contributed by atoms with Crippen LogP contribution in [0, 0.1) is 10.1 Å². The van der Waals surface area contributed by atoms with Crippen molar-refractivity contribution in [1.29, 1.82) is 0 Å². The number of non-ortho nitro benzene ring substituents is 1. The number of nitrogens with zero attached hydrogens (tertiary/aromatic N) is 1. The van der Waals surface area contributed by atoms with E-state index in [0.717, 1.165) is 15.4 Å². The Kier molecular flexibility index (Phi) is 4.71. The van der Waals surface area contributed by atoms with Crippen LogP contribution in [0.4, 0.5) is 11.4 Å². The molecule has 1 aromatic carbocycles. The molecule has 6 nitrogen and oxygen atoms in total. The van der Waals surface area contributed by atoms with Crippen LogP contribution in [0.5, 0.6) is 5.75 Å². The first-order valence-electron chi connectivity index (χ1n) is 5.66. The minimum absolute atomic E-state index is 0.114. The lowest BCUT2D eigenvalue weighted by Crippen LogP contribution is -2.07. The van der Waals surface area contributed by atoms with Crippen LogP contribution in [-0.4, -0.2) is 15.9 Å². The molecule has 0 radical (unpaired) electrons. The highest BCUT2D eigenvalue weighted by molar-refractivity contribution is 9.10. The molecule has 0 spiro atoms. The van der Waals surface area contributed by atoms with E-state index in [1.165, 1.54) is 29.5 Å². The Morgan fingerprint density at radius 2 is 2.19 bits per heavy atom. The first-order chi connectivity index (χ1) is 9.95. The number of anilines is 1. The van der Waals surface area contributed by atoms with Crippen LogP contribution in [0.25, 0.3) is 6.08 Å². The van der Waals surface area contributed by atoms with Crippen LogP contribution in [0.3, 0.4) is 0 Å². The second kappa shape index (κ2) is 6.51. The number of thiophene rings is 1. The van der Waals surface area contributed by atoms with Crippen molar-refractivity contribution in [2.45, 2.75) is 0 Å². The number of nitro groups is 1. The summed E-state index contributed by atoms with van der Waals surface area (Å²) in [4.78, 5) is 22.5. The third kappa shape index (κ3) is 4.14. The molecule has 0 atom stereocenters. The molecule has 1 amide bonds. The van der Waals surface area contributed by atoms with Gasteiger partial charge < -0.3 is 10.4 Å². The number of carbonyl (C=O) groups is 1. The van der Waals surface area contributed by atoms with Gasteiger partial charge in [0.1, 0.15) is 5.75 Å². The van der Waals surface area contributed by atoms with Gasteiger partial charge in [-0.3, -0.25) is 14.9 Å². The normalized spacial score (nSPS) is 10.7. The molecule has 0 aliphatic rings. The zero-order chi connectivity index (χ0) is 15.4. The molecule has 0 fully saturated rings. The minimum Gasteiger partial charge on any atom is -0.506 e. The van der Waals surface area contributed by atoms with Gasteiger partial charge >= 0.3 is 0 Å². The summed E-state index contributed by atoms with van der Waals surface area (Å²) in [6, 6.07) is 5.32. The van der Waals surface area contributed by atoms with Gasteiger partial charge in [0.05, 0.1) is 16.7 Å². The fourth-order valence-corrected chi connectivity index (χ4v) is 2.82. The van der Waals surface area contributed by atoms with Crippen molar-refractivity contribution in [1.82, 2.24) is 0 Å². The molecule has 2 N–H and O–H groups in total. The molecule has 108 valence electrons. The van der Waals surface area contributed by atoms with Crippen molar-refractivity contribution < 1.29 is 14.8 Å². The molecule has 21 heavy (non-hydrogen) atoms. The molecule has 0 aliphatic carbocycles. The quantitative estimate of drug-likeness (QED) is 0.371. The number of nitro benzene ring substituents is 1. The monoisotopic (exact) mass is 368 g/mol. The van der Waals surface area contributed by atoms with E-state index in [9.17, 15) is 20.0 Å². The van der Waals surface area contributed by atoms with E-state index in [1.807, 2.05) is 11.4 Å². The Hall–Kier alpha value is -2.19. The number of amides is 1. The highest BCUT2D eigenvalue weighted by Crippen LogP contribution is 2.28. The number of phenols is 1. The lowest BCUT2D eigenvalue weighted by Gasteiger charge is -2.04. The summed E-state index contributed by atoms with van der Waals surface area (Å²) < 4.78 is 0.931. The number of hydrogen-bond donors (Lipinski definition) is 2. The van der Waals surface area contributed by atoms with Crippen molar-refractivity contribution in [2.24, 2.45) is 0 Å². The van der Waals surface area contributed by atoms with Crippen molar-refractivity contribution in [3.63, 3.8) is 0 Å². The topological polar surface area (TPSA) is 92.5 Å². The molecule has 0 unspecified atom stereocenters. The summed E-state index contributed by atoms with van der Waals surface area (Å²) >= 11 is 4.78. The number of hydrogen-bond acceptors (Lipinski definition) is 5. The van der Waals surface area contributed by atoms with E-state index >= 15 is 0 Å². The maximum atomic E-state index is 11.7. The second-order valence-electron chi connectivity index (χ2n) is 3.95. The van der Waals surface area contributed by atoms with Gasteiger partial charge in [-0.05, 0) is 34.1 Å². The van der Waals surface area contributed by atoms with Gasteiger partial charge in [0, 0.05) is 26.9 Å². The molecule has 2 rings (SSSR count). The number of carbonyl (C=O) groups excluding carboxylic acids is 1. The second-order valence-corrected chi connectivity index (χ2v) is 5.81. The zero-order valence-corrected chi connectivity index (χ0v) is 12.8. The fourth-order valence-electron chi connectivity index (χ4n) is 1.49. The lowest BCUT2D eigenvalue weighted by molar-refractivity contribution is -0.384. The van der Waals surface area contributed by atoms with E-state index in [-0.39, 0.29) is 17.1 Å². The fraction of sp³-hybridized carbons (Fsp3) is 0. The summed E-state index contributed by atoms with van der Waals surface area (Å²) in [5.74, 6) is -0.798. The average Bonchev–Trinajstić information content (AvgIpc) is 2.84. The van der Waals surface area contributed by atoms with Crippen molar-refractivity contribution in [3.8, 4) is 5.75 Å². The van der Waals surface area contributed by atoms with E-state index in [1.54, 1.807) is 6.08 Å². The standard InChI is InChI=1S/C13H9BrN2O4S/c14-8-5-10(21-7-8)2-4-13(18)15-11-3-1-9(16(19)20)6-12(11)17/h1-7,17H,(H,15,18)/b4-2+. The average molecular weight is 369 g/mol. The predicted octanol–water partition coefficient (Wildman–Crippen LogP) is 3.78. The van der Waals surface area contributed by atoms with E-state index in [4.69, 9.17) is 0 Å². The summed E-state index contributed by atoms with van der Waals surface area (Å²) in [7, 11) is 0. The van der Waals surface area contributed by atoms with E-state index in [2.05, 4.69) is 21.2 Å². The van der Waals surface area contributed by atoms with Crippen molar-refractivity contribution in [3.05, 3.63) is 55.2 Å². The molecular formula is C13H9BrN2O4S. The Bertz CT molecular complexity index is 727. The maximum Gasteiger partial charge on any atom is 0.273 e. The Morgan fingerprint density at radius 1 is 1.43 bits per heavy atom. The molecule has 8 heteroatoms. The number of benzene rings is 1.